The first-order valence-electron chi connectivity index (χ1n) is 10.9. The number of Topliss-reactive ketones (excluding diaryl/α,β-unsaturated/α-hetero) is 1. The van der Waals surface area contributed by atoms with Crippen LogP contribution in [0.4, 0.5) is 5.69 Å². The van der Waals surface area contributed by atoms with Gasteiger partial charge in [0.05, 0.1) is 25.5 Å². The molecule has 2 aliphatic rings. The second-order valence-electron chi connectivity index (χ2n) is 9.69. The van der Waals surface area contributed by atoms with E-state index in [1.54, 1.807) is 26.8 Å². The van der Waals surface area contributed by atoms with Gasteiger partial charge in [-0.05, 0) is 37.0 Å². The van der Waals surface area contributed by atoms with Gasteiger partial charge in [-0.25, -0.2) is 4.79 Å². The molecule has 0 aliphatic heterocycles. The molecule has 3 rings (SSSR count). The van der Waals surface area contributed by atoms with E-state index in [-0.39, 0.29) is 23.9 Å². The molecule has 0 saturated heterocycles. The number of carbonyl (C=O) groups excluding carboxylic acids is 3. The Morgan fingerprint density at radius 1 is 1.03 bits per heavy atom. The number of benzene rings is 1. The van der Waals surface area contributed by atoms with Gasteiger partial charge in [-0.3, -0.25) is 9.59 Å². The maximum Gasteiger partial charge on any atom is 0.340 e. The molecule has 0 spiro atoms. The number of anilines is 1. The van der Waals surface area contributed by atoms with Crippen LogP contribution in [0.1, 0.15) is 63.2 Å². The summed E-state index contributed by atoms with van der Waals surface area (Å²) in [6.45, 7) is 4.96. The van der Waals surface area contributed by atoms with Crippen molar-refractivity contribution < 1.29 is 28.6 Å². The molecule has 1 N–H and O–H groups in total. The molecule has 2 bridgehead atoms. The maximum atomic E-state index is 12.8. The number of ketones is 1. The lowest BCUT2D eigenvalue weighted by molar-refractivity contribution is -0.129. The summed E-state index contributed by atoms with van der Waals surface area (Å²) in [6.07, 6.45) is 5.26. The van der Waals surface area contributed by atoms with Crippen molar-refractivity contribution in [3.05, 3.63) is 17.7 Å². The summed E-state index contributed by atoms with van der Waals surface area (Å²) in [5, 5.41) is 2.86. The Hall–Kier alpha value is -2.57. The first-order valence-corrected chi connectivity index (χ1v) is 10.9. The average molecular weight is 432 g/mol. The number of amides is 1. The van der Waals surface area contributed by atoms with Crippen molar-refractivity contribution in [3.8, 4) is 11.5 Å². The number of rotatable bonds is 8. The Kier molecular flexibility index (Phi) is 6.92. The molecule has 0 heterocycles. The molecule has 170 valence electrons. The van der Waals surface area contributed by atoms with Gasteiger partial charge in [0, 0.05) is 24.0 Å². The Labute approximate surface area is 183 Å². The van der Waals surface area contributed by atoms with Gasteiger partial charge in [0.1, 0.15) is 0 Å². The third kappa shape index (κ3) is 5.38. The summed E-state index contributed by atoms with van der Waals surface area (Å²) in [5.74, 6) is 1.49. The molecule has 2 saturated carbocycles. The zero-order valence-corrected chi connectivity index (χ0v) is 19.1. The fourth-order valence-corrected chi connectivity index (χ4v) is 4.64. The predicted molar refractivity (Wildman–Crippen MR) is 116 cm³/mol. The number of nitrogens with one attached hydrogen (secondary N) is 1. The Morgan fingerprint density at radius 2 is 1.71 bits per heavy atom. The Bertz CT molecular complexity index is 856. The highest BCUT2D eigenvalue weighted by atomic mass is 16.5. The van der Waals surface area contributed by atoms with E-state index >= 15 is 0 Å². The summed E-state index contributed by atoms with van der Waals surface area (Å²) < 4.78 is 15.9. The average Bonchev–Trinajstić information content (AvgIpc) is 3.33. The van der Waals surface area contributed by atoms with Crippen LogP contribution in [0.2, 0.25) is 0 Å². The molecular weight excluding hydrogens is 398 g/mol. The van der Waals surface area contributed by atoms with E-state index in [4.69, 9.17) is 14.2 Å². The lowest BCUT2D eigenvalue weighted by Crippen LogP contribution is -2.27. The van der Waals surface area contributed by atoms with Crippen LogP contribution >= 0.6 is 0 Å². The largest absolute Gasteiger partial charge is 0.493 e. The number of carbonyl (C=O) groups is 3. The summed E-state index contributed by atoms with van der Waals surface area (Å²) in [7, 11) is 2.95. The third-order valence-corrected chi connectivity index (χ3v) is 6.52. The van der Waals surface area contributed by atoms with Crippen molar-refractivity contribution in [2.75, 3.05) is 26.1 Å². The van der Waals surface area contributed by atoms with E-state index in [2.05, 4.69) is 5.32 Å². The van der Waals surface area contributed by atoms with Gasteiger partial charge < -0.3 is 19.5 Å². The zero-order valence-electron chi connectivity index (χ0n) is 19.1. The van der Waals surface area contributed by atoms with E-state index in [1.165, 1.54) is 39.5 Å². The van der Waals surface area contributed by atoms with Crippen molar-refractivity contribution >= 4 is 23.3 Å². The number of ether oxygens (including phenoxy) is 3. The molecule has 7 heteroatoms. The van der Waals surface area contributed by atoms with Crippen LogP contribution in [0.15, 0.2) is 12.1 Å². The van der Waals surface area contributed by atoms with Crippen LogP contribution in [0.5, 0.6) is 11.5 Å². The standard InChI is InChI=1S/C24H33NO6/c1-24(2,3)21(26)13-31-23(28)17-11-19(29-4)20(30-5)12-18(17)25-22(27)10-16-9-14-6-7-15(16)8-14/h11-12,14-16H,6-10,13H2,1-5H3,(H,25,27)/t14-,15-,16+/m0/s1. The van der Waals surface area contributed by atoms with Gasteiger partial charge >= 0.3 is 5.97 Å². The smallest absolute Gasteiger partial charge is 0.340 e. The second-order valence-corrected chi connectivity index (χ2v) is 9.69. The van der Waals surface area contributed by atoms with E-state index in [9.17, 15) is 14.4 Å². The lowest BCUT2D eigenvalue weighted by Gasteiger charge is -2.21. The maximum absolute atomic E-state index is 12.8. The van der Waals surface area contributed by atoms with Crippen molar-refractivity contribution in [1.82, 2.24) is 0 Å². The fourth-order valence-electron chi connectivity index (χ4n) is 4.64. The van der Waals surface area contributed by atoms with Gasteiger partial charge in [-0.1, -0.05) is 27.2 Å². The molecular formula is C24H33NO6. The highest BCUT2D eigenvalue weighted by molar-refractivity contribution is 6.03. The second kappa shape index (κ2) is 9.28. The number of hydrogen-bond acceptors (Lipinski definition) is 6. The van der Waals surface area contributed by atoms with Gasteiger partial charge in [0.25, 0.3) is 0 Å². The lowest BCUT2D eigenvalue weighted by atomic mass is 9.86. The Balaban J connectivity index is 1.76. The topological polar surface area (TPSA) is 90.9 Å². The predicted octanol–water partition coefficient (Wildman–Crippen LogP) is 4.24. The minimum absolute atomic E-state index is 0.126. The van der Waals surface area contributed by atoms with Crippen LogP contribution < -0.4 is 14.8 Å². The van der Waals surface area contributed by atoms with Gasteiger partial charge in [-0.15, -0.1) is 0 Å². The number of hydrogen-bond donors (Lipinski definition) is 1. The monoisotopic (exact) mass is 431 g/mol. The van der Waals surface area contributed by atoms with E-state index in [1.807, 2.05) is 0 Å². The minimum Gasteiger partial charge on any atom is -0.493 e. The third-order valence-electron chi connectivity index (χ3n) is 6.52. The molecule has 31 heavy (non-hydrogen) atoms. The molecule has 2 fully saturated rings. The van der Waals surface area contributed by atoms with Crippen molar-refractivity contribution in [1.29, 1.82) is 0 Å². The van der Waals surface area contributed by atoms with Gasteiger partial charge in [0.2, 0.25) is 5.91 Å². The number of esters is 1. The van der Waals surface area contributed by atoms with E-state index < -0.39 is 11.4 Å². The van der Waals surface area contributed by atoms with E-state index in [0.29, 0.717) is 35.4 Å². The first-order chi connectivity index (χ1) is 14.6. The van der Waals surface area contributed by atoms with Crippen LogP contribution in [0, 0.1) is 23.2 Å². The normalized spacial score (nSPS) is 22.2. The molecule has 7 nitrogen and oxygen atoms in total. The first kappa shape index (κ1) is 23.1. The fraction of sp³-hybridized carbons (Fsp3) is 0.625. The quantitative estimate of drug-likeness (QED) is 0.619. The molecule has 1 aromatic carbocycles. The van der Waals surface area contributed by atoms with Crippen LogP contribution in [0.3, 0.4) is 0 Å². The van der Waals surface area contributed by atoms with Crippen molar-refractivity contribution in [2.45, 2.75) is 52.9 Å². The van der Waals surface area contributed by atoms with Crippen LogP contribution in [0.25, 0.3) is 0 Å². The molecule has 0 unspecified atom stereocenters. The summed E-state index contributed by atoms with van der Waals surface area (Å²) in [6, 6.07) is 3.02. The molecule has 2 aliphatic carbocycles. The van der Waals surface area contributed by atoms with Crippen molar-refractivity contribution in [2.24, 2.45) is 23.2 Å². The summed E-state index contributed by atoms with van der Waals surface area (Å²) in [5.41, 5.74) is -0.199. The number of fused-ring (bicyclic) bond motifs is 2. The molecule has 0 radical (unpaired) electrons. The minimum atomic E-state index is -0.700. The Morgan fingerprint density at radius 3 is 2.26 bits per heavy atom. The van der Waals surface area contributed by atoms with Crippen LogP contribution in [-0.2, 0) is 14.3 Å². The SMILES string of the molecule is COc1cc(NC(=O)C[C@H]2C[C@H]3CC[C@H]2C3)c(C(=O)OCC(=O)C(C)(C)C)cc1OC. The summed E-state index contributed by atoms with van der Waals surface area (Å²) in [4.78, 5) is 37.7. The highest BCUT2D eigenvalue weighted by Crippen LogP contribution is 2.49. The number of methoxy groups -OCH3 is 2. The molecule has 0 aromatic heterocycles. The zero-order chi connectivity index (χ0) is 22.8. The molecule has 1 amide bonds. The molecule has 3 atom stereocenters. The van der Waals surface area contributed by atoms with E-state index in [0.717, 1.165) is 12.3 Å². The van der Waals surface area contributed by atoms with Crippen molar-refractivity contribution in [3.63, 3.8) is 0 Å². The highest BCUT2D eigenvalue weighted by Gasteiger charge is 2.40. The summed E-state index contributed by atoms with van der Waals surface area (Å²) >= 11 is 0. The van der Waals surface area contributed by atoms with Gasteiger partial charge in [-0.2, -0.15) is 0 Å². The molecule has 1 aromatic rings. The van der Waals surface area contributed by atoms with Gasteiger partial charge in [0.15, 0.2) is 23.9 Å². The van der Waals surface area contributed by atoms with Crippen LogP contribution in [-0.4, -0.2) is 38.5 Å².